The first-order valence-electron chi connectivity index (χ1n) is 8.76. The van der Waals surface area contributed by atoms with Crippen molar-refractivity contribution < 1.29 is 9.21 Å². The number of amides is 1. The lowest BCUT2D eigenvalue weighted by Crippen LogP contribution is -2.13. The lowest BCUT2D eigenvalue weighted by atomic mass is 10.1. The highest BCUT2D eigenvalue weighted by atomic mass is 35.5. The molecule has 29 heavy (non-hydrogen) atoms. The highest BCUT2D eigenvalue weighted by Crippen LogP contribution is 2.34. The zero-order chi connectivity index (χ0) is 20.7. The van der Waals surface area contributed by atoms with Gasteiger partial charge in [-0.05, 0) is 61.4 Å². The van der Waals surface area contributed by atoms with Crippen molar-refractivity contribution in [3.63, 3.8) is 0 Å². The molecule has 0 bridgehead atoms. The first-order valence-corrected chi connectivity index (χ1v) is 9.90. The summed E-state index contributed by atoms with van der Waals surface area (Å²) >= 11 is 18.5. The Morgan fingerprint density at radius 3 is 2.55 bits per heavy atom. The third-order valence-corrected chi connectivity index (χ3v) is 5.40. The number of hydrogen-bond donors (Lipinski definition) is 1. The molecule has 0 fully saturated rings. The molecule has 0 aliphatic heterocycles. The summed E-state index contributed by atoms with van der Waals surface area (Å²) in [5.74, 6) is 0.105. The number of oxazole rings is 1. The Hall–Kier alpha value is -2.53. The minimum absolute atomic E-state index is 0.289. The minimum atomic E-state index is -0.289. The van der Waals surface area contributed by atoms with Crippen LogP contribution in [0.1, 0.15) is 21.5 Å². The molecular weight excluding hydrogens is 431 g/mol. The maximum atomic E-state index is 12.7. The number of nitrogens with one attached hydrogen (secondary N) is 1. The molecule has 1 heterocycles. The minimum Gasteiger partial charge on any atom is -0.434 e. The zero-order valence-corrected chi connectivity index (χ0v) is 17.8. The third-order valence-electron chi connectivity index (χ3n) is 4.59. The fourth-order valence-electron chi connectivity index (χ4n) is 3.07. The van der Waals surface area contributed by atoms with Gasteiger partial charge < -0.3 is 9.73 Å². The van der Waals surface area contributed by atoms with E-state index in [1.165, 1.54) is 0 Å². The number of nitrogens with zero attached hydrogens (tertiary/aromatic N) is 1. The number of hydrogen-bond acceptors (Lipinski definition) is 3. The normalized spacial score (nSPS) is 11.1. The van der Waals surface area contributed by atoms with Gasteiger partial charge in [0.2, 0.25) is 5.89 Å². The quantitative estimate of drug-likeness (QED) is 0.359. The topological polar surface area (TPSA) is 55.1 Å². The predicted octanol–water partition coefficient (Wildman–Crippen LogP) is 7.32. The number of aryl methyl sites for hydroxylation is 1. The highest BCUT2D eigenvalue weighted by Gasteiger charge is 2.17. The van der Waals surface area contributed by atoms with Crippen LogP contribution in [0, 0.1) is 13.8 Å². The molecule has 3 aromatic carbocycles. The summed E-state index contributed by atoms with van der Waals surface area (Å²) in [6.07, 6.45) is 0. The van der Waals surface area contributed by atoms with Crippen LogP contribution in [0.25, 0.3) is 22.6 Å². The Kier molecular flexibility index (Phi) is 5.26. The monoisotopic (exact) mass is 444 g/mol. The molecule has 0 saturated heterocycles. The summed E-state index contributed by atoms with van der Waals surface area (Å²) in [7, 11) is 0. The molecule has 0 spiro atoms. The van der Waals surface area contributed by atoms with Gasteiger partial charge in [-0.3, -0.25) is 4.79 Å². The van der Waals surface area contributed by atoms with Crippen LogP contribution in [0.15, 0.2) is 52.9 Å². The third kappa shape index (κ3) is 3.84. The van der Waals surface area contributed by atoms with E-state index in [0.717, 1.165) is 16.7 Å². The van der Waals surface area contributed by atoms with Crippen molar-refractivity contribution in [2.24, 2.45) is 0 Å². The molecule has 7 heteroatoms. The van der Waals surface area contributed by atoms with E-state index in [-0.39, 0.29) is 5.91 Å². The first-order chi connectivity index (χ1) is 13.8. The lowest BCUT2D eigenvalue weighted by molar-refractivity contribution is 0.102. The van der Waals surface area contributed by atoms with Gasteiger partial charge >= 0.3 is 0 Å². The van der Waals surface area contributed by atoms with E-state index < -0.39 is 0 Å². The number of halogens is 3. The summed E-state index contributed by atoms with van der Waals surface area (Å²) in [5, 5.41) is 4.19. The van der Waals surface area contributed by atoms with E-state index in [0.29, 0.717) is 43.3 Å². The summed E-state index contributed by atoms with van der Waals surface area (Å²) in [6.45, 7) is 3.80. The van der Waals surface area contributed by atoms with Gasteiger partial charge in [0.25, 0.3) is 5.91 Å². The van der Waals surface area contributed by atoms with E-state index >= 15 is 0 Å². The molecule has 146 valence electrons. The smallest absolute Gasteiger partial charge is 0.257 e. The van der Waals surface area contributed by atoms with Gasteiger partial charge in [0.1, 0.15) is 5.52 Å². The SMILES string of the molecule is Cc1ccc(C(=O)Nc2cccc(-c3nc4cc(Cl)cc(Cl)c4o3)c2C)c(Cl)c1. The first kappa shape index (κ1) is 19.8. The summed E-state index contributed by atoms with van der Waals surface area (Å²) in [6, 6.07) is 14.1. The van der Waals surface area contributed by atoms with Crippen LogP contribution < -0.4 is 5.32 Å². The van der Waals surface area contributed by atoms with Crippen molar-refractivity contribution in [1.82, 2.24) is 4.98 Å². The molecule has 0 saturated carbocycles. The second-order valence-electron chi connectivity index (χ2n) is 6.67. The number of aromatic nitrogens is 1. The number of carbonyl (C=O) groups excluding carboxylic acids is 1. The van der Waals surface area contributed by atoms with Crippen LogP contribution >= 0.6 is 34.8 Å². The Labute approximate surface area is 182 Å². The molecule has 4 aromatic rings. The second kappa shape index (κ2) is 7.71. The van der Waals surface area contributed by atoms with Crippen LogP contribution in [0.5, 0.6) is 0 Å². The number of rotatable bonds is 3. The molecule has 1 aromatic heterocycles. The molecule has 0 aliphatic carbocycles. The number of carbonyl (C=O) groups is 1. The van der Waals surface area contributed by atoms with E-state index in [1.807, 2.05) is 38.1 Å². The van der Waals surface area contributed by atoms with Crippen molar-refractivity contribution >= 4 is 57.5 Å². The highest BCUT2D eigenvalue weighted by molar-refractivity contribution is 6.38. The molecule has 0 radical (unpaired) electrons. The van der Waals surface area contributed by atoms with Gasteiger partial charge in [0.15, 0.2) is 5.58 Å². The summed E-state index contributed by atoms with van der Waals surface area (Å²) < 4.78 is 5.86. The van der Waals surface area contributed by atoms with Gasteiger partial charge in [-0.25, -0.2) is 4.98 Å². The molecular formula is C22H15Cl3N2O2. The molecule has 1 amide bonds. The van der Waals surface area contributed by atoms with E-state index in [4.69, 9.17) is 39.2 Å². The van der Waals surface area contributed by atoms with Gasteiger partial charge in [-0.15, -0.1) is 0 Å². The largest absolute Gasteiger partial charge is 0.434 e. The van der Waals surface area contributed by atoms with Crippen molar-refractivity contribution in [2.45, 2.75) is 13.8 Å². The average molecular weight is 446 g/mol. The fraction of sp³-hybridized carbons (Fsp3) is 0.0909. The number of fused-ring (bicyclic) bond motifs is 1. The van der Waals surface area contributed by atoms with Crippen molar-refractivity contribution in [1.29, 1.82) is 0 Å². The van der Waals surface area contributed by atoms with Crippen molar-refractivity contribution in [2.75, 3.05) is 5.32 Å². The van der Waals surface area contributed by atoms with Crippen LogP contribution in [0.2, 0.25) is 15.1 Å². The van der Waals surface area contributed by atoms with Gasteiger partial charge in [-0.2, -0.15) is 0 Å². The van der Waals surface area contributed by atoms with Crippen molar-refractivity contribution in [3.05, 3.63) is 80.3 Å². The maximum Gasteiger partial charge on any atom is 0.257 e. The number of benzene rings is 3. The second-order valence-corrected chi connectivity index (χ2v) is 7.92. The van der Waals surface area contributed by atoms with Crippen LogP contribution in [0.4, 0.5) is 5.69 Å². The molecule has 4 rings (SSSR count). The Morgan fingerprint density at radius 2 is 1.79 bits per heavy atom. The van der Waals surface area contributed by atoms with Crippen LogP contribution in [0.3, 0.4) is 0 Å². The summed E-state index contributed by atoms with van der Waals surface area (Å²) in [4.78, 5) is 17.2. The van der Waals surface area contributed by atoms with Crippen LogP contribution in [-0.4, -0.2) is 10.9 Å². The fourth-order valence-corrected chi connectivity index (χ4v) is 3.91. The standard InChI is InChI=1S/C22H15Cl3N2O2/c1-11-6-7-15(16(24)8-11)21(28)26-18-5-3-4-14(12(18)2)22-27-19-10-13(23)9-17(25)20(19)29-22/h3-10H,1-2H3,(H,26,28). The average Bonchev–Trinajstić information content (AvgIpc) is 3.07. The van der Waals surface area contributed by atoms with Crippen LogP contribution in [-0.2, 0) is 0 Å². The van der Waals surface area contributed by atoms with E-state index in [2.05, 4.69) is 10.3 Å². The van der Waals surface area contributed by atoms with Crippen molar-refractivity contribution in [3.8, 4) is 11.5 Å². The molecule has 0 unspecified atom stereocenters. The maximum absolute atomic E-state index is 12.7. The Morgan fingerprint density at radius 1 is 1.00 bits per heavy atom. The molecule has 1 N–H and O–H groups in total. The van der Waals surface area contributed by atoms with Gasteiger partial charge in [-0.1, -0.05) is 46.9 Å². The van der Waals surface area contributed by atoms with Gasteiger partial charge in [0, 0.05) is 16.3 Å². The molecule has 4 nitrogen and oxygen atoms in total. The molecule has 0 aliphatic rings. The predicted molar refractivity (Wildman–Crippen MR) is 118 cm³/mol. The summed E-state index contributed by atoms with van der Waals surface area (Å²) in [5.41, 5.74) is 4.60. The van der Waals surface area contributed by atoms with E-state index in [9.17, 15) is 4.79 Å². The molecule has 0 atom stereocenters. The Bertz CT molecular complexity index is 1260. The number of anilines is 1. The lowest BCUT2D eigenvalue weighted by Gasteiger charge is -2.12. The van der Waals surface area contributed by atoms with Gasteiger partial charge in [0.05, 0.1) is 15.6 Å². The Balaban J connectivity index is 1.71. The zero-order valence-electron chi connectivity index (χ0n) is 15.5. The van der Waals surface area contributed by atoms with E-state index in [1.54, 1.807) is 24.3 Å².